The van der Waals surface area contributed by atoms with Crippen LogP contribution in [0.2, 0.25) is 0 Å². The van der Waals surface area contributed by atoms with Gasteiger partial charge in [-0.05, 0) is 64.0 Å². The zero-order chi connectivity index (χ0) is 18.5. The summed E-state index contributed by atoms with van der Waals surface area (Å²) in [4.78, 5) is 12.3. The van der Waals surface area contributed by atoms with Gasteiger partial charge in [0.2, 0.25) is 0 Å². The van der Waals surface area contributed by atoms with E-state index in [1.54, 1.807) is 7.11 Å². The number of carbonyl (C=O) groups excluding carboxylic acids is 1. The van der Waals surface area contributed by atoms with Crippen molar-refractivity contribution in [1.82, 2.24) is 0 Å². The molecule has 26 heavy (non-hydrogen) atoms. The van der Waals surface area contributed by atoms with E-state index in [9.17, 15) is 4.79 Å². The molecule has 4 nitrogen and oxygen atoms in total. The molecule has 0 aromatic heterocycles. The molecule has 0 saturated heterocycles. The number of nitrogens with two attached hydrogens (primary N) is 1. The smallest absolute Gasteiger partial charge is 0.279 e. The maximum Gasteiger partial charge on any atom is 0.279 e. The molecule has 0 radical (unpaired) electrons. The van der Waals surface area contributed by atoms with E-state index in [4.69, 9.17) is 4.74 Å². The number of nitrogens with one attached hydrogen (secondary N) is 1. The van der Waals surface area contributed by atoms with Gasteiger partial charge in [0.25, 0.3) is 5.91 Å². The van der Waals surface area contributed by atoms with E-state index in [2.05, 4.69) is 34.2 Å². The first-order valence-corrected chi connectivity index (χ1v) is 9.31. The van der Waals surface area contributed by atoms with E-state index < -0.39 is 0 Å². The number of anilines is 1. The van der Waals surface area contributed by atoms with Crippen LogP contribution in [0.25, 0.3) is 10.8 Å². The second-order valence-corrected chi connectivity index (χ2v) is 7.09. The zero-order valence-electron chi connectivity index (χ0n) is 14.8. The van der Waals surface area contributed by atoms with Gasteiger partial charge >= 0.3 is 0 Å². The van der Waals surface area contributed by atoms with E-state index in [1.807, 2.05) is 59.9 Å². The number of ether oxygens (including phenoxy) is 1. The Morgan fingerprint density at radius 3 is 2.62 bits per heavy atom. The van der Waals surface area contributed by atoms with Gasteiger partial charge in [-0.3, -0.25) is 4.79 Å². The van der Waals surface area contributed by atoms with E-state index in [-0.39, 0.29) is 11.9 Å². The Bertz CT molecular complexity index is 927. The highest BCUT2D eigenvalue weighted by molar-refractivity contribution is 9.10. The predicted molar refractivity (Wildman–Crippen MR) is 108 cm³/mol. The lowest BCUT2D eigenvalue weighted by atomic mass is 10.1. The van der Waals surface area contributed by atoms with Crippen LogP contribution in [0.5, 0.6) is 5.75 Å². The Morgan fingerprint density at radius 2 is 1.88 bits per heavy atom. The summed E-state index contributed by atoms with van der Waals surface area (Å²) in [5.41, 5.74) is 1.96. The summed E-state index contributed by atoms with van der Waals surface area (Å²) < 4.78 is 6.17. The maximum absolute atomic E-state index is 12.3. The van der Waals surface area contributed by atoms with Crippen molar-refractivity contribution in [3.8, 4) is 5.75 Å². The Labute approximate surface area is 161 Å². The van der Waals surface area contributed by atoms with Crippen LogP contribution in [-0.4, -0.2) is 19.6 Å². The van der Waals surface area contributed by atoms with Gasteiger partial charge < -0.3 is 15.4 Å². The number of rotatable bonds is 6. The van der Waals surface area contributed by atoms with Gasteiger partial charge in [-0.1, -0.05) is 30.3 Å². The van der Waals surface area contributed by atoms with Crippen LogP contribution < -0.4 is 15.4 Å². The molecule has 5 heteroatoms. The monoisotopic (exact) mass is 413 g/mol. The van der Waals surface area contributed by atoms with Crippen molar-refractivity contribution in [2.45, 2.75) is 13.0 Å². The predicted octanol–water partition coefficient (Wildman–Crippen LogP) is 3.87. The molecule has 3 aromatic rings. The fourth-order valence-corrected chi connectivity index (χ4v) is 3.42. The number of amides is 1. The van der Waals surface area contributed by atoms with Crippen molar-refractivity contribution < 1.29 is 14.8 Å². The highest BCUT2D eigenvalue weighted by Gasteiger charge is 2.13. The number of benzene rings is 3. The molecule has 0 spiro atoms. The largest absolute Gasteiger partial charge is 0.496 e. The summed E-state index contributed by atoms with van der Waals surface area (Å²) in [5.74, 6) is 0.787. The molecule has 0 saturated carbocycles. The van der Waals surface area contributed by atoms with Crippen LogP contribution in [0.1, 0.15) is 18.5 Å². The minimum Gasteiger partial charge on any atom is -0.496 e. The van der Waals surface area contributed by atoms with Crippen molar-refractivity contribution in [2.75, 3.05) is 19.0 Å². The Morgan fingerprint density at radius 1 is 1.12 bits per heavy atom. The molecule has 1 amide bonds. The number of hydrogen-bond acceptors (Lipinski definition) is 2. The Hall–Kier alpha value is -2.37. The maximum atomic E-state index is 12.3. The standard InChI is InChI=1S/C21H21BrN2O2/c1-14(16-8-10-20(26-2)19(22)12-16)23-13-21(25)24-18-9-7-15-5-3-4-6-17(15)11-18/h3-12,14,23H,13H2,1-2H3,(H,24,25)/p+1/t14-/m1/s1. The van der Waals surface area contributed by atoms with Crippen LogP contribution in [0.3, 0.4) is 0 Å². The van der Waals surface area contributed by atoms with Crippen LogP contribution in [-0.2, 0) is 4.79 Å². The van der Waals surface area contributed by atoms with Crippen molar-refractivity contribution in [2.24, 2.45) is 0 Å². The average Bonchev–Trinajstić information content (AvgIpc) is 2.66. The lowest BCUT2D eigenvalue weighted by molar-refractivity contribution is -0.682. The first kappa shape index (κ1) is 18.4. The lowest BCUT2D eigenvalue weighted by Gasteiger charge is -2.13. The quantitative estimate of drug-likeness (QED) is 0.644. The summed E-state index contributed by atoms with van der Waals surface area (Å²) in [6.07, 6.45) is 0. The fraction of sp³-hybridized carbons (Fsp3) is 0.190. The molecule has 0 unspecified atom stereocenters. The summed E-state index contributed by atoms with van der Waals surface area (Å²) in [6, 6.07) is 20.2. The molecule has 3 N–H and O–H groups in total. The van der Waals surface area contributed by atoms with Gasteiger partial charge in [-0.15, -0.1) is 0 Å². The third-order valence-corrected chi connectivity index (χ3v) is 5.01. The molecule has 0 fully saturated rings. The van der Waals surface area contributed by atoms with Crippen molar-refractivity contribution in [1.29, 1.82) is 0 Å². The molecule has 3 rings (SSSR count). The molecular formula is C21H22BrN2O2+. The van der Waals surface area contributed by atoms with Crippen molar-refractivity contribution in [3.63, 3.8) is 0 Å². The third kappa shape index (κ3) is 4.42. The van der Waals surface area contributed by atoms with Gasteiger partial charge in [0.1, 0.15) is 11.8 Å². The summed E-state index contributed by atoms with van der Waals surface area (Å²) in [5, 5.41) is 7.27. The number of carbonyl (C=O) groups is 1. The highest BCUT2D eigenvalue weighted by Crippen LogP contribution is 2.27. The zero-order valence-corrected chi connectivity index (χ0v) is 16.4. The van der Waals surface area contributed by atoms with Crippen LogP contribution in [0, 0.1) is 0 Å². The first-order chi connectivity index (χ1) is 12.6. The number of methoxy groups -OCH3 is 1. The molecule has 0 bridgehead atoms. The highest BCUT2D eigenvalue weighted by atomic mass is 79.9. The van der Waals surface area contributed by atoms with Crippen molar-refractivity contribution in [3.05, 3.63) is 70.7 Å². The minimum atomic E-state index is -0.0142. The molecule has 134 valence electrons. The van der Waals surface area contributed by atoms with E-state index in [0.29, 0.717) is 6.54 Å². The second-order valence-electron chi connectivity index (χ2n) is 6.23. The second kappa shape index (κ2) is 8.34. The van der Waals surface area contributed by atoms with Gasteiger partial charge in [0.15, 0.2) is 6.54 Å². The molecule has 0 aliphatic rings. The third-order valence-electron chi connectivity index (χ3n) is 4.39. The molecule has 0 heterocycles. The lowest BCUT2D eigenvalue weighted by Crippen LogP contribution is -2.86. The topological polar surface area (TPSA) is 54.9 Å². The van der Waals surface area contributed by atoms with Crippen LogP contribution in [0.15, 0.2) is 65.1 Å². The van der Waals surface area contributed by atoms with Gasteiger partial charge in [-0.2, -0.15) is 0 Å². The molecule has 3 aromatic carbocycles. The molecule has 1 atom stereocenters. The summed E-state index contributed by atoms with van der Waals surface area (Å²) in [7, 11) is 1.65. The fourth-order valence-electron chi connectivity index (χ4n) is 2.86. The number of fused-ring (bicyclic) bond motifs is 1. The molecule has 0 aliphatic heterocycles. The molecular weight excluding hydrogens is 392 g/mol. The normalized spacial score (nSPS) is 12.0. The van der Waals surface area contributed by atoms with E-state index in [0.717, 1.165) is 32.2 Å². The van der Waals surface area contributed by atoms with Crippen molar-refractivity contribution >= 4 is 38.3 Å². The summed E-state index contributed by atoms with van der Waals surface area (Å²) in [6.45, 7) is 2.44. The SMILES string of the molecule is COc1ccc([C@@H](C)[NH2+]CC(=O)Nc2ccc3ccccc3c2)cc1Br. The van der Waals surface area contributed by atoms with E-state index >= 15 is 0 Å². The Kier molecular flexibility index (Phi) is 5.91. The van der Waals surface area contributed by atoms with Crippen LogP contribution in [0.4, 0.5) is 5.69 Å². The van der Waals surface area contributed by atoms with E-state index in [1.165, 1.54) is 0 Å². The van der Waals surface area contributed by atoms with Crippen LogP contribution >= 0.6 is 15.9 Å². The van der Waals surface area contributed by atoms with Gasteiger partial charge in [0.05, 0.1) is 11.6 Å². The Balaban J connectivity index is 1.58. The first-order valence-electron chi connectivity index (χ1n) is 8.52. The van der Waals surface area contributed by atoms with Gasteiger partial charge in [-0.25, -0.2) is 0 Å². The number of hydrogen-bond donors (Lipinski definition) is 2. The minimum absolute atomic E-state index is 0.0142. The number of halogens is 1. The summed E-state index contributed by atoms with van der Waals surface area (Å²) >= 11 is 3.50. The average molecular weight is 414 g/mol. The molecule has 0 aliphatic carbocycles. The van der Waals surface area contributed by atoms with Gasteiger partial charge in [0, 0.05) is 11.3 Å². The number of quaternary nitrogens is 1.